The molecule has 178 valence electrons. The molecule has 0 radical (unpaired) electrons. The van der Waals surface area contributed by atoms with Gasteiger partial charge in [-0.2, -0.15) is 0 Å². The van der Waals surface area contributed by atoms with E-state index in [1.54, 1.807) is 71.6 Å². The van der Waals surface area contributed by atoms with Crippen LogP contribution in [-0.4, -0.2) is 24.3 Å². The molecule has 1 heterocycles. The van der Waals surface area contributed by atoms with Crippen LogP contribution >= 0.6 is 0 Å². The third-order valence-electron chi connectivity index (χ3n) is 6.31. The number of carbonyl (C=O) groups excluding carboxylic acids is 3. The summed E-state index contributed by atoms with van der Waals surface area (Å²) in [5, 5.41) is 5.74. The van der Waals surface area contributed by atoms with Crippen molar-refractivity contribution in [3.63, 3.8) is 0 Å². The lowest BCUT2D eigenvalue weighted by Crippen LogP contribution is -2.28. The molecule has 1 aliphatic heterocycles. The van der Waals surface area contributed by atoms with Crippen LogP contribution in [0.15, 0.2) is 97.1 Å². The molecule has 0 saturated carbocycles. The van der Waals surface area contributed by atoms with Crippen LogP contribution in [0.2, 0.25) is 0 Å². The lowest BCUT2D eigenvalue weighted by atomic mass is 10.1. The number of nitrogens with zero attached hydrogens (tertiary/aromatic N) is 1. The molecule has 4 aromatic rings. The molecule has 0 aromatic heterocycles. The second-order valence-corrected chi connectivity index (χ2v) is 8.72. The summed E-state index contributed by atoms with van der Waals surface area (Å²) in [5.74, 6) is -0.606. The molecule has 2 N–H and O–H groups in total. The molecule has 6 heteroatoms. The van der Waals surface area contributed by atoms with Crippen molar-refractivity contribution in [2.75, 3.05) is 22.1 Å². The topological polar surface area (TPSA) is 78.5 Å². The smallest absolute Gasteiger partial charge is 0.258 e. The Morgan fingerprint density at radius 2 is 1.36 bits per heavy atom. The molecule has 0 bridgehead atoms. The molecule has 0 unspecified atom stereocenters. The van der Waals surface area contributed by atoms with Crippen LogP contribution in [0.1, 0.15) is 42.2 Å². The van der Waals surface area contributed by atoms with E-state index in [1.165, 1.54) is 5.56 Å². The van der Waals surface area contributed by atoms with Crippen LogP contribution in [0.4, 0.5) is 17.1 Å². The van der Waals surface area contributed by atoms with Crippen LogP contribution < -0.4 is 15.5 Å². The van der Waals surface area contributed by atoms with Crippen molar-refractivity contribution in [3.8, 4) is 0 Å². The summed E-state index contributed by atoms with van der Waals surface area (Å²) < 4.78 is 0. The van der Waals surface area contributed by atoms with Gasteiger partial charge in [-0.1, -0.05) is 42.5 Å². The highest BCUT2D eigenvalue weighted by Gasteiger charge is 2.25. The molecular weight excluding hydrogens is 450 g/mol. The van der Waals surface area contributed by atoms with Gasteiger partial charge in [-0.25, -0.2) is 0 Å². The van der Waals surface area contributed by atoms with Crippen molar-refractivity contribution < 1.29 is 14.4 Å². The second kappa shape index (κ2) is 9.88. The number of fused-ring (bicyclic) bond motifs is 1. The van der Waals surface area contributed by atoms with Crippen molar-refractivity contribution in [2.45, 2.75) is 13.3 Å². The molecule has 0 atom stereocenters. The number of hydrogen-bond donors (Lipinski definition) is 2. The van der Waals surface area contributed by atoms with Crippen LogP contribution in [0.5, 0.6) is 0 Å². The first-order chi connectivity index (χ1) is 17.5. The van der Waals surface area contributed by atoms with E-state index in [-0.39, 0.29) is 17.7 Å². The number of benzene rings is 4. The summed E-state index contributed by atoms with van der Waals surface area (Å²) >= 11 is 0. The fraction of sp³-hybridized carbons (Fsp3) is 0.100. The maximum Gasteiger partial charge on any atom is 0.258 e. The van der Waals surface area contributed by atoms with E-state index in [9.17, 15) is 14.4 Å². The summed E-state index contributed by atoms with van der Waals surface area (Å²) in [4.78, 5) is 40.3. The van der Waals surface area contributed by atoms with E-state index in [0.717, 1.165) is 17.7 Å². The summed E-state index contributed by atoms with van der Waals surface area (Å²) in [5.41, 5.74) is 5.64. The van der Waals surface area contributed by atoms with E-state index >= 15 is 0 Å². The predicted octanol–water partition coefficient (Wildman–Crippen LogP) is 5.70. The quantitative estimate of drug-likeness (QED) is 0.389. The van der Waals surface area contributed by atoms with Crippen molar-refractivity contribution in [1.29, 1.82) is 0 Å². The predicted molar refractivity (Wildman–Crippen MR) is 142 cm³/mol. The Hall–Kier alpha value is -4.71. The summed E-state index contributed by atoms with van der Waals surface area (Å²) in [7, 11) is 0. The van der Waals surface area contributed by atoms with Crippen LogP contribution in [-0.2, 0) is 6.42 Å². The Labute approximate surface area is 209 Å². The summed E-state index contributed by atoms with van der Waals surface area (Å²) in [6.07, 6.45) is 0.848. The van der Waals surface area contributed by atoms with E-state index in [2.05, 4.69) is 10.6 Å². The number of para-hydroxylation sites is 1. The third-order valence-corrected chi connectivity index (χ3v) is 6.31. The number of nitrogens with one attached hydrogen (secondary N) is 2. The minimum atomic E-state index is -0.308. The van der Waals surface area contributed by atoms with Crippen LogP contribution in [0.3, 0.4) is 0 Å². The van der Waals surface area contributed by atoms with Crippen molar-refractivity contribution >= 4 is 34.8 Å². The molecule has 0 saturated heterocycles. The van der Waals surface area contributed by atoms with Gasteiger partial charge in [0, 0.05) is 40.3 Å². The molecule has 1 aliphatic rings. The number of amides is 3. The second-order valence-electron chi connectivity index (χ2n) is 8.72. The average Bonchev–Trinajstić information content (AvgIpc) is 3.34. The highest BCUT2D eigenvalue weighted by Crippen LogP contribution is 2.29. The van der Waals surface area contributed by atoms with E-state index < -0.39 is 0 Å². The van der Waals surface area contributed by atoms with Crippen molar-refractivity contribution in [3.05, 3.63) is 125 Å². The SMILES string of the molecule is Cc1ccc(C(=O)Nc2ccc(C(=O)N3CCc4ccccc43)cc2)cc1NC(=O)c1ccccc1. The van der Waals surface area contributed by atoms with Gasteiger partial charge < -0.3 is 15.5 Å². The fourth-order valence-electron chi connectivity index (χ4n) is 4.29. The van der Waals surface area contributed by atoms with Crippen LogP contribution in [0, 0.1) is 6.92 Å². The molecule has 5 rings (SSSR count). The molecule has 3 amide bonds. The number of carbonyl (C=O) groups is 3. The minimum Gasteiger partial charge on any atom is -0.322 e. The number of aryl methyl sites for hydroxylation is 1. The molecule has 6 nitrogen and oxygen atoms in total. The van der Waals surface area contributed by atoms with E-state index in [4.69, 9.17) is 0 Å². The first kappa shape index (κ1) is 23.1. The van der Waals surface area contributed by atoms with Crippen molar-refractivity contribution in [1.82, 2.24) is 0 Å². The molecule has 0 fully saturated rings. The zero-order valence-electron chi connectivity index (χ0n) is 19.8. The fourth-order valence-corrected chi connectivity index (χ4v) is 4.29. The maximum absolute atomic E-state index is 13.0. The molecule has 0 aliphatic carbocycles. The summed E-state index contributed by atoms with van der Waals surface area (Å²) in [6, 6.07) is 28.9. The Kier molecular flexibility index (Phi) is 6.33. The van der Waals surface area contributed by atoms with Gasteiger partial charge in [-0.05, 0) is 79.1 Å². The molecule has 36 heavy (non-hydrogen) atoms. The standard InChI is InChI=1S/C30H25N3O3/c1-20-11-12-24(19-26(20)32-28(34)22-8-3-2-4-9-22)29(35)31-25-15-13-23(14-16-25)30(36)33-18-17-21-7-5-6-10-27(21)33/h2-16,19H,17-18H2,1H3,(H,31,35)(H,32,34). The van der Waals surface area contributed by atoms with Gasteiger partial charge in [0.25, 0.3) is 17.7 Å². The lowest BCUT2D eigenvalue weighted by molar-refractivity contribution is 0.0987. The monoisotopic (exact) mass is 475 g/mol. The highest BCUT2D eigenvalue weighted by atomic mass is 16.2. The molecule has 4 aromatic carbocycles. The molecule has 0 spiro atoms. The largest absolute Gasteiger partial charge is 0.322 e. The highest BCUT2D eigenvalue weighted by molar-refractivity contribution is 6.09. The third kappa shape index (κ3) is 4.74. The Balaban J connectivity index is 1.26. The maximum atomic E-state index is 13.0. The zero-order valence-corrected chi connectivity index (χ0v) is 19.8. The van der Waals surface area contributed by atoms with E-state index in [0.29, 0.717) is 34.6 Å². The normalized spacial score (nSPS) is 12.1. The Morgan fingerprint density at radius 1 is 0.694 bits per heavy atom. The van der Waals surface area contributed by atoms with Gasteiger partial charge in [-0.15, -0.1) is 0 Å². The average molecular weight is 476 g/mol. The first-order valence-corrected chi connectivity index (χ1v) is 11.8. The van der Waals surface area contributed by atoms with Crippen LogP contribution in [0.25, 0.3) is 0 Å². The van der Waals surface area contributed by atoms with Gasteiger partial charge in [0.1, 0.15) is 0 Å². The number of hydrogen-bond acceptors (Lipinski definition) is 3. The number of rotatable bonds is 5. The number of anilines is 3. The summed E-state index contributed by atoms with van der Waals surface area (Å²) in [6.45, 7) is 2.53. The van der Waals surface area contributed by atoms with Gasteiger partial charge in [0.15, 0.2) is 0 Å². The van der Waals surface area contributed by atoms with Gasteiger partial charge in [0.05, 0.1) is 0 Å². The first-order valence-electron chi connectivity index (χ1n) is 11.8. The Bertz CT molecular complexity index is 1450. The zero-order chi connectivity index (χ0) is 25.1. The Morgan fingerprint density at radius 3 is 2.14 bits per heavy atom. The van der Waals surface area contributed by atoms with Gasteiger partial charge >= 0.3 is 0 Å². The van der Waals surface area contributed by atoms with E-state index in [1.807, 2.05) is 37.3 Å². The lowest BCUT2D eigenvalue weighted by Gasteiger charge is -2.17. The molecular formula is C30H25N3O3. The van der Waals surface area contributed by atoms with Crippen molar-refractivity contribution in [2.24, 2.45) is 0 Å². The van der Waals surface area contributed by atoms with Gasteiger partial charge in [0.2, 0.25) is 0 Å². The van der Waals surface area contributed by atoms with Gasteiger partial charge in [-0.3, -0.25) is 14.4 Å². The minimum absolute atomic E-state index is 0.0600.